The Bertz CT molecular complexity index is 1020. The Hall–Kier alpha value is -2.05. The topological polar surface area (TPSA) is 112 Å². The van der Waals surface area contributed by atoms with Crippen molar-refractivity contribution in [2.75, 3.05) is 44.3 Å². The van der Waals surface area contributed by atoms with Crippen molar-refractivity contribution in [3.63, 3.8) is 0 Å². The van der Waals surface area contributed by atoms with Crippen molar-refractivity contribution in [1.29, 1.82) is 0 Å². The highest BCUT2D eigenvalue weighted by Crippen LogP contribution is 2.35. The van der Waals surface area contributed by atoms with Gasteiger partial charge in [-0.2, -0.15) is 4.31 Å². The molecule has 4 rings (SSSR count). The van der Waals surface area contributed by atoms with Crippen LogP contribution in [-0.2, 0) is 19.6 Å². The van der Waals surface area contributed by atoms with Crippen molar-refractivity contribution in [3.05, 3.63) is 36.0 Å². The van der Waals surface area contributed by atoms with Crippen LogP contribution in [-0.4, -0.2) is 73.0 Å². The fraction of sp³-hybridized carbons (Fsp3) is 0.500. The van der Waals surface area contributed by atoms with E-state index in [1.165, 1.54) is 9.87 Å². The Labute approximate surface area is 185 Å². The van der Waals surface area contributed by atoms with Crippen molar-refractivity contribution >= 4 is 32.4 Å². The zero-order valence-electron chi connectivity index (χ0n) is 17.3. The molecule has 2 saturated heterocycles. The van der Waals surface area contributed by atoms with Gasteiger partial charge >= 0.3 is 0 Å². The fourth-order valence-corrected chi connectivity index (χ4v) is 7.11. The van der Waals surface area contributed by atoms with Gasteiger partial charge in [-0.15, -0.1) is 0 Å². The summed E-state index contributed by atoms with van der Waals surface area (Å²) in [6.07, 6.45) is 1.89. The molecule has 31 heavy (non-hydrogen) atoms. The first-order valence-electron chi connectivity index (χ1n) is 10.2. The van der Waals surface area contributed by atoms with Gasteiger partial charge in [0.05, 0.1) is 4.88 Å². The summed E-state index contributed by atoms with van der Waals surface area (Å²) in [6, 6.07) is 8.26. The molecule has 0 saturated carbocycles. The molecule has 2 N–H and O–H groups in total. The number of aryl methyl sites for hydroxylation is 1. The van der Waals surface area contributed by atoms with E-state index >= 15 is 0 Å². The number of sulfonamides is 1. The van der Waals surface area contributed by atoms with Gasteiger partial charge < -0.3 is 9.64 Å². The van der Waals surface area contributed by atoms with Crippen LogP contribution in [0.4, 0.5) is 5.13 Å². The third-order valence-electron chi connectivity index (χ3n) is 5.99. The molecule has 3 heterocycles. The molecule has 0 spiro atoms. The van der Waals surface area contributed by atoms with Gasteiger partial charge in [-0.05, 0) is 12.5 Å². The Morgan fingerprint density at radius 1 is 1.16 bits per heavy atom. The second-order valence-electron chi connectivity index (χ2n) is 7.81. The van der Waals surface area contributed by atoms with E-state index in [1.807, 2.05) is 13.1 Å². The Balaban J connectivity index is 1.47. The first kappa shape index (κ1) is 22.2. The van der Waals surface area contributed by atoms with Gasteiger partial charge in [0.25, 0.3) is 5.91 Å². The maximum Gasteiger partial charge on any atom is 0.266 e. The average molecular weight is 467 g/mol. The Morgan fingerprint density at radius 2 is 1.81 bits per heavy atom. The smallest absolute Gasteiger partial charge is 0.266 e. The lowest BCUT2D eigenvalue weighted by Crippen LogP contribution is -2.62. The molecule has 1 aromatic carbocycles. The van der Waals surface area contributed by atoms with Crippen molar-refractivity contribution in [2.24, 2.45) is 0 Å². The molecule has 2 aliphatic heterocycles. The van der Waals surface area contributed by atoms with Gasteiger partial charge in [0.2, 0.25) is 10.0 Å². The van der Waals surface area contributed by atoms with Crippen LogP contribution < -0.4 is 10.4 Å². The number of rotatable bonds is 5. The van der Waals surface area contributed by atoms with Gasteiger partial charge in [-0.1, -0.05) is 41.2 Å². The van der Waals surface area contributed by atoms with Crippen molar-refractivity contribution < 1.29 is 23.2 Å². The summed E-state index contributed by atoms with van der Waals surface area (Å²) < 4.78 is 31.7. The molecule has 9 nitrogen and oxygen atoms in total. The van der Waals surface area contributed by atoms with Gasteiger partial charge in [0.15, 0.2) is 9.88 Å². The molecule has 0 radical (unpaired) electrons. The number of hydroxylamine groups is 1. The molecular weight excluding hydrogens is 440 g/mol. The molecule has 2 fully saturated rings. The second-order valence-corrected chi connectivity index (χ2v) is 11.1. The number of nitrogens with one attached hydrogen (secondary N) is 1. The lowest BCUT2D eigenvalue weighted by Gasteiger charge is -2.41. The summed E-state index contributed by atoms with van der Waals surface area (Å²) >= 11 is 1.58. The minimum Gasteiger partial charge on any atom is -0.381 e. The number of carbonyl (C=O) groups is 1. The van der Waals surface area contributed by atoms with E-state index in [1.54, 1.807) is 16.8 Å². The number of thiazole rings is 1. The lowest BCUT2D eigenvalue weighted by molar-refractivity contribution is -0.134. The largest absolute Gasteiger partial charge is 0.381 e. The minimum atomic E-state index is -3.97. The molecule has 0 atom stereocenters. The second kappa shape index (κ2) is 8.83. The monoisotopic (exact) mass is 466 g/mol. The summed E-state index contributed by atoms with van der Waals surface area (Å²) in [6.45, 7) is 3.83. The van der Waals surface area contributed by atoms with Gasteiger partial charge in [-0.25, -0.2) is 18.9 Å². The number of nitrogens with zero attached hydrogens (tertiary/aromatic N) is 3. The number of piperazine rings is 1. The van der Waals surface area contributed by atoms with Crippen LogP contribution in [0.15, 0.2) is 30.5 Å². The van der Waals surface area contributed by atoms with Crippen LogP contribution in [0.3, 0.4) is 0 Å². The number of aromatic nitrogens is 1. The molecule has 2 aromatic rings. The number of anilines is 1. The van der Waals surface area contributed by atoms with E-state index in [9.17, 15) is 18.4 Å². The lowest BCUT2D eigenvalue weighted by atomic mass is 9.98. The number of benzene rings is 1. The van der Waals surface area contributed by atoms with E-state index in [0.717, 1.165) is 15.6 Å². The number of hydrogen-bond acceptors (Lipinski definition) is 8. The van der Waals surface area contributed by atoms with Crippen LogP contribution in [0.25, 0.3) is 10.4 Å². The number of ether oxygens (including phenoxy) is 1. The van der Waals surface area contributed by atoms with E-state index in [-0.39, 0.29) is 39.1 Å². The maximum absolute atomic E-state index is 13.4. The Kier molecular flexibility index (Phi) is 6.31. The summed E-state index contributed by atoms with van der Waals surface area (Å²) in [7, 11) is -3.97. The Morgan fingerprint density at radius 3 is 2.42 bits per heavy atom. The number of carbonyl (C=O) groups excluding carboxylic acids is 1. The third kappa shape index (κ3) is 4.08. The number of hydrogen-bond donors (Lipinski definition) is 2. The molecule has 0 unspecified atom stereocenters. The normalized spacial score (nSPS) is 19.9. The van der Waals surface area contributed by atoms with Crippen LogP contribution in [0.1, 0.15) is 18.4 Å². The maximum atomic E-state index is 13.4. The van der Waals surface area contributed by atoms with Crippen LogP contribution >= 0.6 is 11.3 Å². The summed E-state index contributed by atoms with van der Waals surface area (Å²) in [5.74, 6) is -0.888. The molecule has 168 valence electrons. The fourth-order valence-electron chi connectivity index (χ4n) is 4.03. The van der Waals surface area contributed by atoms with E-state index < -0.39 is 20.7 Å². The molecule has 2 aliphatic rings. The summed E-state index contributed by atoms with van der Waals surface area (Å²) in [5, 5.41) is 10.0. The van der Waals surface area contributed by atoms with E-state index in [0.29, 0.717) is 13.1 Å². The first-order valence-corrected chi connectivity index (χ1v) is 12.4. The molecule has 0 aliphatic carbocycles. The molecule has 11 heteroatoms. The highest BCUT2D eigenvalue weighted by atomic mass is 32.2. The van der Waals surface area contributed by atoms with E-state index in [4.69, 9.17) is 4.74 Å². The summed E-state index contributed by atoms with van der Waals surface area (Å²) in [4.78, 5) is 20.0. The van der Waals surface area contributed by atoms with Crippen molar-refractivity contribution in [2.45, 2.75) is 24.5 Å². The predicted molar refractivity (Wildman–Crippen MR) is 118 cm³/mol. The third-order valence-corrected chi connectivity index (χ3v) is 9.72. The minimum absolute atomic E-state index is 0.0222. The zero-order valence-corrected chi connectivity index (χ0v) is 18.9. The number of amides is 1. The van der Waals surface area contributed by atoms with Crippen molar-refractivity contribution in [3.8, 4) is 10.4 Å². The highest BCUT2D eigenvalue weighted by molar-refractivity contribution is 7.91. The summed E-state index contributed by atoms with van der Waals surface area (Å²) in [5.41, 5.74) is 3.86. The van der Waals surface area contributed by atoms with Gasteiger partial charge in [0, 0.05) is 58.4 Å². The van der Waals surface area contributed by atoms with Crippen molar-refractivity contribution in [1.82, 2.24) is 14.8 Å². The SMILES string of the molecule is Cc1ccc(-c2cnc(N3CCN(S(=O)(=O)C4(C(=O)NO)CCOCC4)CC3)s2)cc1. The molecule has 1 amide bonds. The average Bonchev–Trinajstić information content (AvgIpc) is 3.29. The highest BCUT2D eigenvalue weighted by Gasteiger charge is 2.54. The standard InChI is InChI=1S/C20H26N4O5S2/c1-15-2-4-16(5-3-15)17-14-21-19(30-17)23-8-10-24(11-9-23)31(27,28)20(18(25)22-26)6-12-29-13-7-20/h2-5,14,26H,6-13H2,1H3,(H,22,25). The van der Waals surface area contributed by atoms with Crippen LogP contribution in [0, 0.1) is 6.92 Å². The van der Waals surface area contributed by atoms with Gasteiger partial charge in [-0.3, -0.25) is 10.0 Å². The van der Waals surface area contributed by atoms with Crippen LogP contribution in [0.2, 0.25) is 0 Å². The molecule has 0 bridgehead atoms. The van der Waals surface area contributed by atoms with Gasteiger partial charge in [0.1, 0.15) is 0 Å². The quantitative estimate of drug-likeness (QED) is 0.509. The van der Waals surface area contributed by atoms with Crippen LogP contribution in [0.5, 0.6) is 0 Å². The molecular formula is C20H26N4O5S2. The van der Waals surface area contributed by atoms with E-state index in [2.05, 4.69) is 34.1 Å². The predicted octanol–water partition coefficient (Wildman–Crippen LogP) is 1.62. The molecule has 1 aromatic heterocycles. The first-order chi connectivity index (χ1) is 14.9. The zero-order chi connectivity index (χ0) is 22.1.